The van der Waals surface area contributed by atoms with E-state index in [-0.39, 0.29) is 6.61 Å². The van der Waals surface area contributed by atoms with Crippen LogP contribution in [0, 0.1) is 5.92 Å². The number of fused-ring (bicyclic) bond motifs is 1. The van der Waals surface area contributed by atoms with Gasteiger partial charge in [-0.15, -0.1) is 0 Å². The molecule has 0 aliphatic carbocycles. The lowest BCUT2D eigenvalue weighted by atomic mass is 9.97. The van der Waals surface area contributed by atoms with Crippen molar-refractivity contribution in [1.82, 2.24) is 4.98 Å². The summed E-state index contributed by atoms with van der Waals surface area (Å²) in [6.45, 7) is 2.22. The number of hydrogen-bond acceptors (Lipinski definition) is 4. The summed E-state index contributed by atoms with van der Waals surface area (Å²) in [5, 5.41) is 11.5. The maximum absolute atomic E-state index is 9.36. The number of rotatable bonds is 2. The largest absolute Gasteiger partial charge is 0.398 e. The number of nitrogens with zero attached hydrogens (tertiary/aromatic N) is 2. The molecule has 2 aromatic rings. The lowest BCUT2D eigenvalue weighted by Crippen LogP contribution is -2.36. The van der Waals surface area contributed by atoms with Gasteiger partial charge in [-0.25, -0.2) is 0 Å². The Kier molecular flexibility index (Phi) is 3.25. The number of aromatic nitrogens is 1. The van der Waals surface area contributed by atoms with Crippen molar-refractivity contribution in [3.63, 3.8) is 0 Å². The van der Waals surface area contributed by atoms with E-state index >= 15 is 0 Å². The van der Waals surface area contributed by atoms with E-state index in [4.69, 9.17) is 5.73 Å². The topological polar surface area (TPSA) is 62.4 Å². The van der Waals surface area contributed by atoms with Crippen molar-refractivity contribution < 1.29 is 5.11 Å². The van der Waals surface area contributed by atoms with E-state index < -0.39 is 0 Å². The van der Waals surface area contributed by atoms with Gasteiger partial charge in [0, 0.05) is 54.2 Å². The van der Waals surface area contributed by atoms with Crippen molar-refractivity contribution in [3.8, 4) is 0 Å². The standard InChI is InChI=1S/C15H19N3O/c16-14-3-4-15(12-5-6-17-8-13(12)14)18-7-1-2-11(9-18)10-19/h3-6,8,11,19H,1-2,7,9-10,16H2. The summed E-state index contributed by atoms with van der Waals surface area (Å²) in [5.74, 6) is 0.378. The van der Waals surface area contributed by atoms with Gasteiger partial charge in [-0.1, -0.05) is 0 Å². The average Bonchev–Trinajstić information content (AvgIpc) is 2.48. The highest BCUT2D eigenvalue weighted by Gasteiger charge is 2.20. The monoisotopic (exact) mass is 257 g/mol. The highest BCUT2D eigenvalue weighted by Crippen LogP contribution is 2.32. The molecule has 1 aromatic carbocycles. The maximum atomic E-state index is 9.36. The highest BCUT2D eigenvalue weighted by molar-refractivity contribution is 6.00. The van der Waals surface area contributed by atoms with Gasteiger partial charge in [-0.05, 0) is 37.0 Å². The van der Waals surface area contributed by atoms with Crippen molar-refractivity contribution in [2.75, 3.05) is 30.3 Å². The highest BCUT2D eigenvalue weighted by atomic mass is 16.3. The minimum absolute atomic E-state index is 0.269. The molecule has 1 fully saturated rings. The number of benzene rings is 1. The third-order valence-corrected chi connectivity index (χ3v) is 3.95. The maximum Gasteiger partial charge on any atom is 0.0476 e. The van der Waals surface area contributed by atoms with Crippen molar-refractivity contribution in [2.45, 2.75) is 12.8 Å². The second kappa shape index (κ2) is 5.05. The average molecular weight is 257 g/mol. The Bertz CT molecular complexity index is 585. The zero-order valence-electron chi connectivity index (χ0n) is 10.9. The van der Waals surface area contributed by atoms with Gasteiger partial charge < -0.3 is 15.7 Å². The molecule has 0 saturated carbocycles. The Balaban J connectivity index is 2.03. The molecule has 19 heavy (non-hydrogen) atoms. The molecule has 1 unspecified atom stereocenters. The molecule has 4 nitrogen and oxygen atoms in total. The fourth-order valence-electron chi connectivity index (χ4n) is 2.90. The van der Waals surface area contributed by atoms with Crippen LogP contribution in [-0.4, -0.2) is 29.8 Å². The molecule has 100 valence electrons. The Morgan fingerprint density at radius 1 is 1.32 bits per heavy atom. The van der Waals surface area contributed by atoms with E-state index in [0.717, 1.165) is 42.4 Å². The van der Waals surface area contributed by atoms with Crippen LogP contribution in [0.3, 0.4) is 0 Å². The summed E-state index contributed by atoms with van der Waals surface area (Å²) in [5.41, 5.74) is 7.97. The van der Waals surface area contributed by atoms with E-state index in [1.54, 1.807) is 6.20 Å². The Hall–Kier alpha value is -1.81. The summed E-state index contributed by atoms with van der Waals surface area (Å²) < 4.78 is 0. The number of nitrogen functional groups attached to an aromatic ring is 1. The normalized spacial score (nSPS) is 19.8. The van der Waals surface area contributed by atoms with Crippen LogP contribution in [-0.2, 0) is 0 Å². The van der Waals surface area contributed by atoms with Gasteiger partial charge in [0.1, 0.15) is 0 Å². The molecule has 0 amide bonds. The molecular formula is C15H19N3O. The Morgan fingerprint density at radius 3 is 3.05 bits per heavy atom. The lowest BCUT2D eigenvalue weighted by Gasteiger charge is -2.34. The Morgan fingerprint density at radius 2 is 2.21 bits per heavy atom. The van der Waals surface area contributed by atoms with E-state index in [1.807, 2.05) is 18.3 Å². The number of nitrogens with two attached hydrogens (primary N) is 1. The summed E-state index contributed by atoms with van der Waals surface area (Å²) in [6, 6.07) is 6.04. The first-order chi connectivity index (χ1) is 9.29. The first-order valence-electron chi connectivity index (χ1n) is 6.77. The van der Waals surface area contributed by atoms with Gasteiger partial charge in [0.05, 0.1) is 0 Å². The smallest absolute Gasteiger partial charge is 0.0476 e. The van der Waals surface area contributed by atoms with E-state index in [2.05, 4.69) is 16.0 Å². The molecule has 1 atom stereocenters. The van der Waals surface area contributed by atoms with Gasteiger partial charge in [-0.3, -0.25) is 4.98 Å². The van der Waals surface area contributed by atoms with Crippen LogP contribution in [0.2, 0.25) is 0 Å². The molecule has 0 radical (unpaired) electrons. The van der Waals surface area contributed by atoms with Crippen LogP contribution in [0.4, 0.5) is 11.4 Å². The van der Waals surface area contributed by atoms with Crippen LogP contribution in [0.1, 0.15) is 12.8 Å². The number of hydrogen-bond donors (Lipinski definition) is 2. The first-order valence-corrected chi connectivity index (χ1v) is 6.77. The molecule has 1 aromatic heterocycles. The van der Waals surface area contributed by atoms with Gasteiger partial charge in [0.25, 0.3) is 0 Å². The van der Waals surface area contributed by atoms with Gasteiger partial charge >= 0.3 is 0 Å². The predicted molar refractivity (Wildman–Crippen MR) is 78.2 cm³/mol. The van der Waals surface area contributed by atoms with Crippen molar-refractivity contribution in [3.05, 3.63) is 30.6 Å². The number of pyridine rings is 1. The van der Waals surface area contributed by atoms with E-state index in [0.29, 0.717) is 5.92 Å². The van der Waals surface area contributed by atoms with Crippen molar-refractivity contribution in [2.24, 2.45) is 5.92 Å². The van der Waals surface area contributed by atoms with Gasteiger partial charge in [0.15, 0.2) is 0 Å². The van der Waals surface area contributed by atoms with Crippen LogP contribution in [0.25, 0.3) is 10.8 Å². The lowest BCUT2D eigenvalue weighted by molar-refractivity contribution is 0.209. The van der Waals surface area contributed by atoms with Crippen LogP contribution >= 0.6 is 0 Å². The fraction of sp³-hybridized carbons (Fsp3) is 0.400. The molecule has 1 aliphatic heterocycles. The number of piperidine rings is 1. The SMILES string of the molecule is Nc1ccc(N2CCCC(CO)C2)c2ccncc12. The first kappa shape index (κ1) is 12.2. The minimum Gasteiger partial charge on any atom is -0.398 e. The van der Waals surface area contributed by atoms with Gasteiger partial charge in [-0.2, -0.15) is 0 Å². The molecule has 1 aliphatic rings. The van der Waals surface area contributed by atoms with E-state index in [9.17, 15) is 5.11 Å². The minimum atomic E-state index is 0.269. The predicted octanol–water partition coefficient (Wildman–Crippen LogP) is 2.03. The summed E-state index contributed by atoms with van der Waals surface area (Å²) in [7, 11) is 0. The number of aliphatic hydroxyl groups is 1. The number of anilines is 2. The van der Waals surface area contributed by atoms with Gasteiger partial charge in [0.2, 0.25) is 0 Å². The fourth-order valence-corrected chi connectivity index (χ4v) is 2.90. The van der Waals surface area contributed by atoms with Crippen LogP contribution < -0.4 is 10.6 Å². The van der Waals surface area contributed by atoms with Crippen LogP contribution in [0.15, 0.2) is 30.6 Å². The summed E-state index contributed by atoms with van der Waals surface area (Å²) in [4.78, 5) is 6.51. The molecule has 0 spiro atoms. The number of aliphatic hydroxyl groups excluding tert-OH is 1. The molecule has 3 N–H and O–H groups in total. The molecular weight excluding hydrogens is 238 g/mol. The molecule has 2 heterocycles. The Labute approximate surface area is 112 Å². The van der Waals surface area contributed by atoms with Crippen molar-refractivity contribution in [1.29, 1.82) is 0 Å². The zero-order valence-corrected chi connectivity index (χ0v) is 10.9. The third kappa shape index (κ3) is 2.24. The summed E-state index contributed by atoms with van der Waals surface area (Å²) >= 11 is 0. The third-order valence-electron chi connectivity index (χ3n) is 3.95. The van der Waals surface area contributed by atoms with Crippen molar-refractivity contribution >= 4 is 22.1 Å². The molecule has 3 rings (SSSR count). The molecule has 4 heteroatoms. The second-order valence-electron chi connectivity index (χ2n) is 5.23. The van der Waals surface area contributed by atoms with Crippen LogP contribution in [0.5, 0.6) is 0 Å². The quantitative estimate of drug-likeness (QED) is 0.808. The molecule has 0 bridgehead atoms. The van der Waals surface area contributed by atoms with E-state index in [1.165, 1.54) is 5.69 Å². The zero-order chi connectivity index (χ0) is 13.2. The second-order valence-corrected chi connectivity index (χ2v) is 5.23. The summed E-state index contributed by atoms with van der Waals surface area (Å²) in [6.07, 6.45) is 5.87. The molecule has 1 saturated heterocycles.